The molecule has 0 saturated heterocycles. The number of furan rings is 2. The van der Waals surface area contributed by atoms with E-state index in [0.29, 0.717) is 22.1 Å². The summed E-state index contributed by atoms with van der Waals surface area (Å²) in [6.45, 7) is 0. The molecule has 0 aliphatic heterocycles. The lowest BCUT2D eigenvalue weighted by molar-refractivity contribution is 0.0663. The van der Waals surface area contributed by atoms with Crippen molar-refractivity contribution in [2.24, 2.45) is 0 Å². The van der Waals surface area contributed by atoms with E-state index in [2.05, 4.69) is 0 Å². The first-order chi connectivity index (χ1) is 8.65. The van der Waals surface area contributed by atoms with Gasteiger partial charge in [0.15, 0.2) is 17.1 Å². The molecule has 1 aromatic carbocycles. The molecule has 0 unspecified atom stereocenters. The molecule has 1 N–H and O–H groups in total. The van der Waals surface area contributed by atoms with Crippen LogP contribution >= 0.6 is 11.6 Å². The molecule has 0 bridgehead atoms. The summed E-state index contributed by atoms with van der Waals surface area (Å²) in [5, 5.41) is 10.1. The minimum atomic E-state index is -1.12. The van der Waals surface area contributed by atoms with Crippen molar-refractivity contribution >= 4 is 28.5 Å². The van der Waals surface area contributed by atoms with Crippen LogP contribution in [0.3, 0.4) is 0 Å². The van der Waals surface area contributed by atoms with E-state index in [9.17, 15) is 4.79 Å². The second-order valence-electron chi connectivity index (χ2n) is 3.74. The molecule has 0 aliphatic carbocycles. The summed E-state index contributed by atoms with van der Waals surface area (Å²) in [6.07, 6.45) is 0. The van der Waals surface area contributed by atoms with Crippen molar-refractivity contribution in [3.05, 3.63) is 47.2 Å². The highest BCUT2D eigenvalue weighted by atomic mass is 35.5. The summed E-state index contributed by atoms with van der Waals surface area (Å²) < 4.78 is 10.7. The number of carboxylic acids is 1. The highest BCUT2D eigenvalue weighted by Gasteiger charge is 2.14. The first-order valence-corrected chi connectivity index (χ1v) is 5.54. The minimum absolute atomic E-state index is 0.128. The molecule has 0 radical (unpaired) electrons. The number of aromatic carboxylic acids is 1. The maximum Gasteiger partial charge on any atom is 0.371 e. The SMILES string of the molecule is O=C(O)c1ccc(-c2cc3cccc(Cl)c3o2)o1. The van der Waals surface area contributed by atoms with Crippen LogP contribution in [-0.2, 0) is 0 Å². The zero-order chi connectivity index (χ0) is 12.7. The molecule has 2 heterocycles. The Bertz CT molecular complexity index is 738. The summed E-state index contributed by atoms with van der Waals surface area (Å²) in [4.78, 5) is 10.7. The second kappa shape index (κ2) is 3.92. The van der Waals surface area contributed by atoms with E-state index in [1.807, 2.05) is 12.1 Å². The molecule has 0 aliphatic rings. The second-order valence-corrected chi connectivity index (χ2v) is 4.15. The van der Waals surface area contributed by atoms with Gasteiger partial charge in [0.05, 0.1) is 5.02 Å². The van der Waals surface area contributed by atoms with E-state index in [1.165, 1.54) is 6.07 Å². The molecular weight excluding hydrogens is 256 g/mol. The average Bonchev–Trinajstić information content (AvgIpc) is 2.95. The summed E-state index contributed by atoms with van der Waals surface area (Å²) in [7, 11) is 0. The normalized spacial score (nSPS) is 10.9. The maximum atomic E-state index is 10.7. The molecule has 90 valence electrons. The number of hydrogen-bond donors (Lipinski definition) is 1. The van der Waals surface area contributed by atoms with Crippen LogP contribution in [-0.4, -0.2) is 11.1 Å². The molecular formula is C13H7ClO4. The smallest absolute Gasteiger partial charge is 0.371 e. The number of rotatable bonds is 2. The first kappa shape index (κ1) is 10.9. The topological polar surface area (TPSA) is 63.6 Å². The zero-order valence-corrected chi connectivity index (χ0v) is 9.77. The molecule has 5 heteroatoms. The standard InChI is InChI=1S/C13H7ClO4/c14-8-3-1-2-7-6-11(18-12(7)8)9-4-5-10(17-9)13(15)16/h1-6H,(H,15,16). The third-order valence-electron chi connectivity index (χ3n) is 2.56. The van der Waals surface area contributed by atoms with E-state index in [4.69, 9.17) is 25.5 Å². The molecule has 4 nitrogen and oxygen atoms in total. The molecule has 0 saturated carbocycles. The Morgan fingerprint density at radius 3 is 2.61 bits per heavy atom. The van der Waals surface area contributed by atoms with E-state index in [1.54, 1.807) is 18.2 Å². The van der Waals surface area contributed by atoms with E-state index < -0.39 is 5.97 Å². The number of benzene rings is 1. The van der Waals surface area contributed by atoms with Crippen molar-refractivity contribution in [2.45, 2.75) is 0 Å². The lowest BCUT2D eigenvalue weighted by Gasteiger charge is -1.90. The Morgan fingerprint density at radius 2 is 1.94 bits per heavy atom. The fourth-order valence-electron chi connectivity index (χ4n) is 1.73. The van der Waals surface area contributed by atoms with Crippen LogP contribution in [0, 0.1) is 0 Å². The van der Waals surface area contributed by atoms with Crippen LogP contribution in [0.1, 0.15) is 10.6 Å². The highest BCUT2D eigenvalue weighted by Crippen LogP contribution is 2.32. The van der Waals surface area contributed by atoms with Gasteiger partial charge in [-0.25, -0.2) is 4.79 Å². The van der Waals surface area contributed by atoms with Crippen LogP contribution in [0.15, 0.2) is 45.2 Å². The highest BCUT2D eigenvalue weighted by molar-refractivity contribution is 6.34. The van der Waals surface area contributed by atoms with Gasteiger partial charge in [0, 0.05) is 5.39 Å². The monoisotopic (exact) mass is 262 g/mol. The Hall–Kier alpha value is -2.20. The Kier molecular flexibility index (Phi) is 2.38. The quantitative estimate of drug-likeness (QED) is 0.757. The molecule has 2 aromatic heterocycles. The van der Waals surface area contributed by atoms with Crippen LogP contribution < -0.4 is 0 Å². The van der Waals surface area contributed by atoms with Gasteiger partial charge in [-0.3, -0.25) is 0 Å². The summed E-state index contributed by atoms with van der Waals surface area (Å²) in [5.41, 5.74) is 0.558. The van der Waals surface area contributed by atoms with Crippen molar-refractivity contribution in [1.29, 1.82) is 0 Å². The van der Waals surface area contributed by atoms with Crippen LogP contribution in [0.5, 0.6) is 0 Å². The zero-order valence-electron chi connectivity index (χ0n) is 9.01. The van der Waals surface area contributed by atoms with Crippen molar-refractivity contribution in [3.8, 4) is 11.5 Å². The third-order valence-corrected chi connectivity index (χ3v) is 2.85. The average molecular weight is 263 g/mol. The predicted molar refractivity (Wildman–Crippen MR) is 65.9 cm³/mol. The number of carboxylic acid groups (broad SMARTS) is 1. The Labute approximate surface area is 106 Å². The van der Waals surface area contributed by atoms with Crippen LogP contribution in [0.2, 0.25) is 5.02 Å². The molecule has 0 atom stereocenters. The van der Waals surface area contributed by atoms with Crippen molar-refractivity contribution in [2.75, 3.05) is 0 Å². The fraction of sp³-hybridized carbons (Fsp3) is 0. The van der Waals surface area contributed by atoms with Crippen LogP contribution in [0.4, 0.5) is 0 Å². The first-order valence-electron chi connectivity index (χ1n) is 5.17. The van der Waals surface area contributed by atoms with Gasteiger partial charge >= 0.3 is 5.97 Å². The minimum Gasteiger partial charge on any atom is -0.475 e. The van der Waals surface area contributed by atoms with Gasteiger partial charge in [-0.2, -0.15) is 0 Å². The van der Waals surface area contributed by atoms with E-state index in [0.717, 1.165) is 5.39 Å². The third kappa shape index (κ3) is 1.67. The van der Waals surface area contributed by atoms with Gasteiger partial charge in [0.1, 0.15) is 0 Å². The van der Waals surface area contributed by atoms with Crippen LogP contribution in [0.25, 0.3) is 22.5 Å². The maximum absolute atomic E-state index is 10.7. The Balaban J connectivity index is 2.13. The number of fused-ring (bicyclic) bond motifs is 1. The van der Waals surface area contributed by atoms with Crippen molar-refractivity contribution in [3.63, 3.8) is 0 Å². The molecule has 0 fully saturated rings. The largest absolute Gasteiger partial charge is 0.475 e. The van der Waals surface area contributed by atoms with Gasteiger partial charge < -0.3 is 13.9 Å². The fourth-order valence-corrected chi connectivity index (χ4v) is 1.95. The molecule has 3 aromatic rings. The molecule has 3 rings (SSSR count). The number of hydrogen-bond acceptors (Lipinski definition) is 3. The summed E-state index contributed by atoms with van der Waals surface area (Å²) in [5.74, 6) is -0.433. The van der Waals surface area contributed by atoms with Gasteiger partial charge in [-0.15, -0.1) is 0 Å². The number of carbonyl (C=O) groups is 1. The lowest BCUT2D eigenvalue weighted by Crippen LogP contribution is -1.91. The molecule has 0 amide bonds. The van der Waals surface area contributed by atoms with Gasteiger partial charge in [0.25, 0.3) is 0 Å². The molecule has 0 spiro atoms. The van der Waals surface area contributed by atoms with Gasteiger partial charge in [-0.05, 0) is 24.3 Å². The number of para-hydroxylation sites is 1. The summed E-state index contributed by atoms with van der Waals surface area (Å²) in [6, 6.07) is 10.1. The molecule has 18 heavy (non-hydrogen) atoms. The van der Waals surface area contributed by atoms with Gasteiger partial charge in [0.2, 0.25) is 5.76 Å². The summed E-state index contributed by atoms with van der Waals surface area (Å²) >= 11 is 6.00. The van der Waals surface area contributed by atoms with Gasteiger partial charge in [-0.1, -0.05) is 23.7 Å². The van der Waals surface area contributed by atoms with Crippen molar-refractivity contribution < 1.29 is 18.7 Å². The lowest BCUT2D eigenvalue weighted by atomic mass is 10.2. The Morgan fingerprint density at radius 1 is 1.11 bits per heavy atom. The van der Waals surface area contributed by atoms with Crippen molar-refractivity contribution in [1.82, 2.24) is 0 Å². The predicted octanol–water partition coefficient (Wildman–Crippen LogP) is 4.04. The number of halogens is 1. The van der Waals surface area contributed by atoms with E-state index in [-0.39, 0.29) is 5.76 Å². The van der Waals surface area contributed by atoms with E-state index >= 15 is 0 Å².